The van der Waals surface area contributed by atoms with Gasteiger partial charge in [-0.3, -0.25) is 14.9 Å². The molecule has 4 aromatic rings. The van der Waals surface area contributed by atoms with Crippen molar-refractivity contribution in [3.8, 4) is 11.5 Å². The Labute approximate surface area is 226 Å². The number of carbonyl (C=O) groups is 3. The van der Waals surface area contributed by atoms with E-state index in [4.69, 9.17) is 9.47 Å². The van der Waals surface area contributed by atoms with Crippen LogP contribution in [0.3, 0.4) is 0 Å². The van der Waals surface area contributed by atoms with Crippen LogP contribution in [-0.4, -0.2) is 24.5 Å². The normalized spacial score (nSPS) is 14.6. The van der Waals surface area contributed by atoms with Gasteiger partial charge in [0.05, 0.1) is 12.3 Å². The van der Waals surface area contributed by atoms with E-state index in [0.717, 1.165) is 32.4 Å². The lowest BCUT2D eigenvalue weighted by Crippen LogP contribution is -2.54. The lowest BCUT2D eigenvalue weighted by molar-refractivity contribution is -0.122. The van der Waals surface area contributed by atoms with Crippen LogP contribution in [0.1, 0.15) is 29.2 Å². The number of hydrogen-bond donors (Lipinski definition) is 1. The van der Waals surface area contributed by atoms with Gasteiger partial charge in [0.2, 0.25) is 0 Å². The summed E-state index contributed by atoms with van der Waals surface area (Å²) in [5.74, 6) is -0.413. The monoisotopic (exact) mass is 520 g/mol. The van der Waals surface area contributed by atoms with E-state index in [1.807, 2.05) is 51.1 Å². The van der Waals surface area contributed by atoms with E-state index in [0.29, 0.717) is 36.0 Å². The molecule has 7 nitrogen and oxygen atoms in total. The summed E-state index contributed by atoms with van der Waals surface area (Å²) in [6, 6.07) is 24.0. The molecule has 4 aromatic carbocycles. The van der Waals surface area contributed by atoms with Crippen LogP contribution in [0.2, 0.25) is 0 Å². The number of benzene rings is 4. The second-order valence-corrected chi connectivity index (χ2v) is 9.24. The van der Waals surface area contributed by atoms with Gasteiger partial charge in [-0.1, -0.05) is 60.7 Å². The fourth-order valence-electron chi connectivity index (χ4n) is 4.60. The molecule has 1 aliphatic heterocycles. The zero-order chi connectivity index (χ0) is 27.5. The molecule has 1 N–H and O–H groups in total. The molecule has 4 amide bonds. The highest BCUT2D eigenvalue weighted by Gasteiger charge is 2.37. The highest BCUT2D eigenvalue weighted by molar-refractivity contribution is 6.39. The van der Waals surface area contributed by atoms with Crippen LogP contribution in [0.25, 0.3) is 16.8 Å². The van der Waals surface area contributed by atoms with Crippen molar-refractivity contribution in [2.45, 2.75) is 27.4 Å². The van der Waals surface area contributed by atoms with Crippen LogP contribution in [0, 0.1) is 13.8 Å². The second kappa shape index (κ2) is 10.8. The van der Waals surface area contributed by atoms with E-state index in [1.165, 1.54) is 6.08 Å². The Bertz CT molecular complexity index is 1630. The number of aryl methyl sites for hydroxylation is 1. The molecule has 0 saturated carbocycles. The fraction of sp³-hybridized carbons (Fsp3) is 0.156. The number of nitrogens with one attached hydrogen (secondary N) is 1. The first kappa shape index (κ1) is 25.7. The van der Waals surface area contributed by atoms with Crippen molar-refractivity contribution in [1.82, 2.24) is 5.32 Å². The van der Waals surface area contributed by atoms with Crippen molar-refractivity contribution in [2.24, 2.45) is 0 Å². The van der Waals surface area contributed by atoms with Crippen LogP contribution in [-0.2, 0) is 16.2 Å². The molecular weight excluding hydrogens is 492 g/mol. The third-order valence-corrected chi connectivity index (χ3v) is 6.76. The molecule has 0 radical (unpaired) electrons. The van der Waals surface area contributed by atoms with Crippen molar-refractivity contribution in [2.75, 3.05) is 11.5 Å². The smallest absolute Gasteiger partial charge is 0.335 e. The fourth-order valence-corrected chi connectivity index (χ4v) is 4.60. The number of rotatable bonds is 7. The molecule has 7 heteroatoms. The molecular formula is C32H28N2O5. The Kier molecular flexibility index (Phi) is 7.14. The highest BCUT2D eigenvalue weighted by atomic mass is 16.5. The number of fused-ring (bicyclic) bond motifs is 1. The van der Waals surface area contributed by atoms with Crippen LogP contribution < -0.4 is 19.7 Å². The quantitative estimate of drug-likeness (QED) is 0.235. The number of urea groups is 1. The van der Waals surface area contributed by atoms with E-state index in [9.17, 15) is 14.4 Å². The summed E-state index contributed by atoms with van der Waals surface area (Å²) in [6.07, 6.45) is 1.46. The van der Waals surface area contributed by atoms with Crippen molar-refractivity contribution in [3.63, 3.8) is 0 Å². The van der Waals surface area contributed by atoms with E-state index in [2.05, 4.69) is 23.5 Å². The Morgan fingerprint density at radius 1 is 0.846 bits per heavy atom. The molecule has 1 aliphatic rings. The Morgan fingerprint density at radius 2 is 1.62 bits per heavy atom. The van der Waals surface area contributed by atoms with Crippen molar-refractivity contribution < 1.29 is 23.9 Å². The van der Waals surface area contributed by atoms with Gasteiger partial charge in [0, 0.05) is 0 Å². The number of hydrogen-bond acceptors (Lipinski definition) is 5. The second-order valence-electron chi connectivity index (χ2n) is 9.24. The molecule has 0 aliphatic carbocycles. The molecule has 0 aromatic heterocycles. The van der Waals surface area contributed by atoms with Gasteiger partial charge >= 0.3 is 6.03 Å². The lowest BCUT2D eigenvalue weighted by atomic mass is 10.0. The average molecular weight is 521 g/mol. The molecule has 5 rings (SSSR count). The minimum absolute atomic E-state index is 0.151. The molecule has 0 unspecified atom stereocenters. The summed E-state index contributed by atoms with van der Waals surface area (Å²) in [6.45, 7) is 6.34. The number of ether oxygens (including phenoxy) is 2. The first-order valence-corrected chi connectivity index (χ1v) is 12.7. The topological polar surface area (TPSA) is 84.9 Å². The van der Waals surface area contributed by atoms with Gasteiger partial charge in [0.1, 0.15) is 12.2 Å². The maximum atomic E-state index is 13.4. The van der Waals surface area contributed by atoms with E-state index in [1.54, 1.807) is 30.3 Å². The number of amides is 4. The van der Waals surface area contributed by atoms with Gasteiger partial charge in [-0.05, 0) is 78.1 Å². The molecule has 1 fully saturated rings. The maximum Gasteiger partial charge on any atom is 0.335 e. The largest absolute Gasteiger partial charge is 0.490 e. The highest BCUT2D eigenvalue weighted by Crippen LogP contribution is 2.32. The molecule has 0 bridgehead atoms. The average Bonchev–Trinajstić information content (AvgIpc) is 2.93. The summed E-state index contributed by atoms with van der Waals surface area (Å²) in [4.78, 5) is 39.7. The lowest BCUT2D eigenvalue weighted by Gasteiger charge is -2.28. The minimum atomic E-state index is -0.775. The summed E-state index contributed by atoms with van der Waals surface area (Å²) in [7, 11) is 0. The van der Waals surface area contributed by atoms with Crippen molar-refractivity contribution in [1.29, 1.82) is 0 Å². The Morgan fingerprint density at radius 3 is 2.44 bits per heavy atom. The molecule has 196 valence electrons. The Balaban J connectivity index is 1.44. The number of nitrogens with zero attached hydrogens (tertiary/aromatic N) is 1. The van der Waals surface area contributed by atoms with Gasteiger partial charge in [-0.15, -0.1) is 0 Å². The van der Waals surface area contributed by atoms with Crippen molar-refractivity contribution >= 4 is 40.4 Å². The van der Waals surface area contributed by atoms with Gasteiger partial charge < -0.3 is 9.47 Å². The summed E-state index contributed by atoms with van der Waals surface area (Å²) >= 11 is 0. The number of imide groups is 2. The molecule has 1 saturated heterocycles. The van der Waals surface area contributed by atoms with Crippen LogP contribution in [0.15, 0.2) is 84.4 Å². The third-order valence-electron chi connectivity index (χ3n) is 6.76. The first-order valence-electron chi connectivity index (χ1n) is 12.7. The van der Waals surface area contributed by atoms with Gasteiger partial charge in [0.25, 0.3) is 11.8 Å². The van der Waals surface area contributed by atoms with Gasteiger partial charge in [0.15, 0.2) is 11.5 Å². The molecule has 39 heavy (non-hydrogen) atoms. The predicted octanol–water partition coefficient (Wildman–Crippen LogP) is 6.10. The number of barbiturate groups is 1. The molecule has 0 spiro atoms. The van der Waals surface area contributed by atoms with Crippen LogP contribution in [0.4, 0.5) is 10.5 Å². The SMILES string of the molecule is CCOc1cc(/C=C2\C(=O)NC(=O)N(c3cccc(C)c3C)C2=O)ccc1OCc1cccc2ccccc12. The van der Waals surface area contributed by atoms with Crippen LogP contribution in [0.5, 0.6) is 11.5 Å². The molecule has 1 heterocycles. The Hall–Kier alpha value is -4.91. The zero-order valence-corrected chi connectivity index (χ0v) is 22.0. The summed E-state index contributed by atoms with van der Waals surface area (Å²) in [5.41, 5.74) is 3.59. The van der Waals surface area contributed by atoms with E-state index in [-0.39, 0.29) is 5.57 Å². The van der Waals surface area contributed by atoms with Crippen LogP contribution >= 0.6 is 0 Å². The number of carbonyl (C=O) groups excluding carboxylic acids is 3. The summed E-state index contributed by atoms with van der Waals surface area (Å²) in [5, 5.41) is 4.53. The standard InChI is InChI=1S/C32H28N2O5/c1-4-38-29-18-22(15-16-28(29)39-19-24-12-8-11-23-10-5-6-13-25(23)24)17-26-30(35)33-32(37)34(31(26)36)27-14-7-9-20(2)21(27)3/h5-18H,4,19H2,1-3H3,(H,33,35,37)/b26-17+. The first-order chi connectivity index (χ1) is 18.9. The third kappa shape index (κ3) is 5.11. The predicted molar refractivity (Wildman–Crippen MR) is 151 cm³/mol. The van der Waals surface area contributed by atoms with Gasteiger partial charge in [-0.2, -0.15) is 0 Å². The minimum Gasteiger partial charge on any atom is -0.490 e. The number of anilines is 1. The van der Waals surface area contributed by atoms with E-state index < -0.39 is 17.8 Å². The van der Waals surface area contributed by atoms with Gasteiger partial charge in [-0.25, -0.2) is 9.69 Å². The molecule has 0 atom stereocenters. The maximum absolute atomic E-state index is 13.4. The van der Waals surface area contributed by atoms with Crippen molar-refractivity contribution in [3.05, 3.63) is 107 Å². The zero-order valence-electron chi connectivity index (χ0n) is 22.0. The van der Waals surface area contributed by atoms with E-state index >= 15 is 0 Å². The summed E-state index contributed by atoms with van der Waals surface area (Å²) < 4.78 is 12.0.